The molecule has 0 radical (unpaired) electrons. The van der Waals surface area contributed by atoms with Gasteiger partial charge in [-0.2, -0.15) is 0 Å². The highest BCUT2D eigenvalue weighted by molar-refractivity contribution is 5.89. The van der Waals surface area contributed by atoms with Gasteiger partial charge in [0.15, 0.2) is 0 Å². The van der Waals surface area contributed by atoms with Crippen LogP contribution in [0.4, 0.5) is 0 Å². The van der Waals surface area contributed by atoms with E-state index in [1.54, 1.807) is 9.80 Å². The zero-order chi connectivity index (χ0) is 15.0. The summed E-state index contributed by atoms with van der Waals surface area (Å²) in [5.74, 6) is -0.238. The summed E-state index contributed by atoms with van der Waals surface area (Å²) < 4.78 is 0. The first kappa shape index (κ1) is 14.1. The molecule has 0 aromatic heterocycles. The van der Waals surface area contributed by atoms with Crippen LogP contribution in [-0.4, -0.2) is 52.5 Å². The second-order valence-electron chi connectivity index (χ2n) is 5.93. The van der Waals surface area contributed by atoms with Gasteiger partial charge in [-0.3, -0.25) is 9.59 Å². The minimum Gasteiger partial charge on any atom is -0.389 e. The number of β-amino-alcohol motifs (C(OH)–C–C–N with tert-alkyl or cyclic N) is 1. The molecule has 5 nitrogen and oxygen atoms in total. The van der Waals surface area contributed by atoms with Crippen molar-refractivity contribution in [1.29, 1.82) is 0 Å². The van der Waals surface area contributed by atoms with E-state index in [0.29, 0.717) is 19.6 Å². The van der Waals surface area contributed by atoms with Crippen molar-refractivity contribution in [2.24, 2.45) is 5.92 Å². The Balaban J connectivity index is 1.66. The lowest BCUT2D eigenvalue weighted by molar-refractivity contribution is -0.145. The van der Waals surface area contributed by atoms with Crippen molar-refractivity contribution in [3.8, 4) is 0 Å². The smallest absolute Gasteiger partial charge is 0.228 e. The number of carbonyl (C=O) groups excluding carboxylic acids is 2. The number of hydrogen-bond acceptors (Lipinski definition) is 3. The molecule has 0 saturated carbocycles. The van der Waals surface area contributed by atoms with Gasteiger partial charge in [0.2, 0.25) is 11.8 Å². The highest BCUT2D eigenvalue weighted by Crippen LogP contribution is 2.30. The van der Waals surface area contributed by atoms with E-state index in [-0.39, 0.29) is 30.2 Å². The molecule has 0 spiro atoms. The summed E-state index contributed by atoms with van der Waals surface area (Å²) in [7, 11) is 0. The Morgan fingerprint density at radius 2 is 1.90 bits per heavy atom. The van der Waals surface area contributed by atoms with Crippen LogP contribution in [0.15, 0.2) is 30.3 Å². The topological polar surface area (TPSA) is 60.9 Å². The van der Waals surface area contributed by atoms with E-state index in [2.05, 4.69) is 0 Å². The van der Waals surface area contributed by atoms with Gasteiger partial charge < -0.3 is 14.9 Å². The van der Waals surface area contributed by atoms with E-state index in [1.165, 1.54) is 0 Å². The third kappa shape index (κ3) is 2.65. The van der Waals surface area contributed by atoms with Crippen LogP contribution < -0.4 is 0 Å². The SMILES string of the molecule is CC(c1ccccc1)N1CC(C(=O)N2CC(O)C2)CC1=O. The van der Waals surface area contributed by atoms with Gasteiger partial charge in [-0.1, -0.05) is 30.3 Å². The van der Waals surface area contributed by atoms with Gasteiger partial charge in [-0.25, -0.2) is 0 Å². The lowest BCUT2D eigenvalue weighted by Crippen LogP contribution is -2.55. The molecule has 0 bridgehead atoms. The standard InChI is InChI=1S/C16H20N2O3/c1-11(12-5-3-2-4-6-12)18-8-13(7-15(18)20)16(21)17-9-14(19)10-17/h2-6,11,13-14,19H,7-10H2,1H3. The van der Waals surface area contributed by atoms with Crippen LogP contribution in [0, 0.1) is 5.92 Å². The maximum absolute atomic E-state index is 12.3. The van der Waals surface area contributed by atoms with Crippen molar-refractivity contribution >= 4 is 11.8 Å². The number of nitrogens with zero attached hydrogens (tertiary/aromatic N) is 2. The molecular weight excluding hydrogens is 268 g/mol. The molecule has 1 aromatic carbocycles. The minimum absolute atomic E-state index is 0.00332. The van der Waals surface area contributed by atoms with Crippen molar-refractivity contribution in [3.63, 3.8) is 0 Å². The molecule has 2 unspecified atom stereocenters. The van der Waals surface area contributed by atoms with Gasteiger partial charge in [-0.15, -0.1) is 0 Å². The number of amides is 2. The first-order chi connectivity index (χ1) is 10.1. The van der Waals surface area contributed by atoms with Crippen LogP contribution in [-0.2, 0) is 9.59 Å². The Hall–Kier alpha value is -1.88. The Bertz CT molecular complexity index is 540. The summed E-state index contributed by atoms with van der Waals surface area (Å²) in [6.45, 7) is 3.27. The maximum Gasteiger partial charge on any atom is 0.228 e. The number of carbonyl (C=O) groups is 2. The van der Waals surface area contributed by atoms with E-state index >= 15 is 0 Å². The number of hydrogen-bond donors (Lipinski definition) is 1. The van der Waals surface area contributed by atoms with Gasteiger partial charge in [0.05, 0.1) is 18.1 Å². The average molecular weight is 288 g/mol. The number of likely N-dealkylation sites (tertiary alicyclic amines) is 2. The van der Waals surface area contributed by atoms with Crippen molar-refractivity contribution in [2.45, 2.75) is 25.5 Å². The molecule has 3 rings (SSSR count). The number of benzene rings is 1. The van der Waals surface area contributed by atoms with Gasteiger partial charge in [0, 0.05) is 26.1 Å². The van der Waals surface area contributed by atoms with Crippen molar-refractivity contribution in [3.05, 3.63) is 35.9 Å². The monoisotopic (exact) mass is 288 g/mol. The largest absolute Gasteiger partial charge is 0.389 e. The van der Waals surface area contributed by atoms with E-state index < -0.39 is 6.10 Å². The molecule has 21 heavy (non-hydrogen) atoms. The molecule has 2 aliphatic heterocycles. The molecule has 2 heterocycles. The van der Waals surface area contributed by atoms with E-state index in [9.17, 15) is 14.7 Å². The van der Waals surface area contributed by atoms with Crippen LogP contribution in [0.3, 0.4) is 0 Å². The zero-order valence-electron chi connectivity index (χ0n) is 12.1. The third-order valence-corrected chi connectivity index (χ3v) is 4.43. The Morgan fingerprint density at radius 1 is 1.24 bits per heavy atom. The van der Waals surface area contributed by atoms with Crippen molar-refractivity contribution in [2.75, 3.05) is 19.6 Å². The lowest BCUT2D eigenvalue weighted by atomic mass is 10.0. The summed E-state index contributed by atoms with van der Waals surface area (Å²) in [5, 5.41) is 9.28. The van der Waals surface area contributed by atoms with Crippen molar-refractivity contribution in [1.82, 2.24) is 9.80 Å². The molecule has 5 heteroatoms. The fourth-order valence-electron chi connectivity index (χ4n) is 3.08. The van der Waals surface area contributed by atoms with Gasteiger partial charge >= 0.3 is 0 Å². The molecule has 1 N–H and O–H groups in total. The molecule has 2 aliphatic rings. The fourth-order valence-corrected chi connectivity index (χ4v) is 3.08. The summed E-state index contributed by atoms with van der Waals surface area (Å²) >= 11 is 0. The quantitative estimate of drug-likeness (QED) is 0.895. The normalized spacial score (nSPS) is 24.1. The van der Waals surface area contributed by atoms with Crippen LogP contribution >= 0.6 is 0 Å². The Kier molecular flexibility index (Phi) is 3.68. The second-order valence-corrected chi connectivity index (χ2v) is 5.93. The number of aliphatic hydroxyl groups excluding tert-OH is 1. The number of aliphatic hydroxyl groups is 1. The van der Waals surface area contributed by atoms with E-state index in [1.807, 2.05) is 37.3 Å². The fraction of sp³-hybridized carbons (Fsp3) is 0.500. The molecular formula is C16H20N2O3. The van der Waals surface area contributed by atoms with Crippen LogP contribution in [0.1, 0.15) is 24.9 Å². The molecule has 2 amide bonds. The molecule has 2 atom stereocenters. The lowest BCUT2D eigenvalue weighted by Gasteiger charge is -2.37. The minimum atomic E-state index is -0.398. The molecule has 1 aromatic rings. The molecule has 0 aliphatic carbocycles. The zero-order valence-corrected chi connectivity index (χ0v) is 12.1. The van der Waals surface area contributed by atoms with Crippen LogP contribution in [0.2, 0.25) is 0 Å². The van der Waals surface area contributed by atoms with Gasteiger partial charge in [-0.05, 0) is 12.5 Å². The average Bonchev–Trinajstić information content (AvgIpc) is 2.85. The summed E-state index contributed by atoms with van der Waals surface area (Å²) in [6, 6.07) is 9.84. The van der Waals surface area contributed by atoms with Crippen LogP contribution in [0.25, 0.3) is 0 Å². The second kappa shape index (κ2) is 5.48. The predicted octanol–water partition coefficient (Wildman–Crippen LogP) is 0.799. The third-order valence-electron chi connectivity index (χ3n) is 4.43. The molecule has 2 fully saturated rings. The Labute approximate surface area is 124 Å². The first-order valence-electron chi connectivity index (χ1n) is 7.37. The predicted molar refractivity (Wildman–Crippen MR) is 77.3 cm³/mol. The maximum atomic E-state index is 12.3. The first-order valence-corrected chi connectivity index (χ1v) is 7.37. The summed E-state index contributed by atoms with van der Waals surface area (Å²) in [4.78, 5) is 27.9. The number of rotatable bonds is 3. The summed E-state index contributed by atoms with van der Waals surface area (Å²) in [5.41, 5.74) is 1.08. The molecule has 112 valence electrons. The Morgan fingerprint density at radius 3 is 2.52 bits per heavy atom. The van der Waals surface area contributed by atoms with E-state index in [4.69, 9.17) is 0 Å². The highest BCUT2D eigenvalue weighted by atomic mass is 16.3. The van der Waals surface area contributed by atoms with Crippen LogP contribution in [0.5, 0.6) is 0 Å². The summed E-state index contributed by atoms with van der Waals surface area (Å²) in [6.07, 6.45) is -0.117. The van der Waals surface area contributed by atoms with E-state index in [0.717, 1.165) is 5.56 Å². The van der Waals surface area contributed by atoms with Crippen molar-refractivity contribution < 1.29 is 14.7 Å². The van der Waals surface area contributed by atoms with Gasteiger partial charge in [0.1, 0.15) is 0 Å². The molecule has 2 saturated heterocycles. The van der Waals surface area contributed by atoms with Gasteiger partial charge in [0.25, 0.3) is 0 Å². The highest BCUT2D eigenvalue weighted by Gasteiger charge is 2.41.